The molecule has 0 atom stereocenters. The van der Waals surface area contributed by atoms with Gasteiger partial charge in [-0.1, -0.05) is 36.4 Å². The molecule has 0 bridgehead atoms. The highest BCUT2D eigenvalue weighted by atomic mass is 16.6. The molecule has 1 aromatic carbocycles. The van der Waals surface area contributed by atoms with E-state index in [9.17, 15) is 4.79 Å². The Kier molecular flexibility index (Phi) is 6.61. The second-order valence-corrected chi connectivity index (χ2v) is 6.57. The van der Waals surface area contributed by atoms with Crippen molar-refractivity contribution in [1.29, 1.82) is 0 Å². The van der Waals surface area contributed by atoms with Gasteiger partial charge in [-0.15, -0.1) is 0 Å². The number of nitrogens with zero attached hydrogens (tertiary/aromatic N) is 3. The molecule has 138 valence electrons. The summed E-state index contributed by atoms with van der Waals surface area (Å²) in [7, 11) is 0. The molecule has 0 aliphatic carbocycles. The largest absolute Gasteiger partial charge is 0.449 e. The van der Waals surface area contributed by atoms with Crippen LogP contribution in [0.3, 0.4) is 0 Å². The standard InChI is InChI=1S/C21H27N3O2/c1-2-26-21(25)24(20-10-6-7-14-22-20)19-12-16-23(17-13-19)15-11-18-8-4-3-5-9-18/h3-10,14,19H,2,11-13,15-17H2,1H3. The Hall–Kier alpha value is -2.40. The lowest BCUT2D eigenvalue weighted by atomic mass is 10.0. The molecule has 1 aromatic heterocycles. The normalized spacial score (nSPS) is 15.6. The van der Waals surface area contributed by atoms with Gasteiger partial charge in [0.05, 0.1) is 6.61 Å². The maximum atomic E-state index is 12.5. The molecule has 0 unspecified atom stereocenters. The van der Waals surface area contributed by atoms with Crippen molar-refractivity contribution in [3.8, 4) is 0 Å². The van der Waals surface area contributed by atoms with Crippen molar-refractivity contribution in [2.45, 2.75) is 32.2 Å². The first-order valence-electron chi connectivity index (χ1n) is 9.41. The molecule has 0 radical (unpaired) electrons. The number of piperidine rings is 1. The molecule has 2 heterocycles. The maximum absolute atomic E-state index is 12.5. The first kappa shape index (κ1) is 18.4. The van der Waals surface area contributed by atoms with Gasteiger partial charge in [0.2, 0.25) is 0 Å². The SMILES string of the molecule is CCOC(=O)N(c1ccccn1)C1CCN(CCc2ccccc2)CC1. The van der Waals surface area contributed by atoms with Crippen molar-refractivity contribution in [2.24, 2.45) is 0 Å². The van der Waals surface area contributed by atoms with E-state index in [1.807, 2.05) is 25.1 Å². The van der Waals surface area contributed by atoms with Crippen LogP contribution >= 0.6 is 0 Å². The van der Waals surface area contributed by atoms with Crippen LogP contribution in [-0.4, -0.2) is 48.3 Å². The molecule has 1 aliphatic rings. The van der Waals surface area contributed by atoms with Crippen molar-refractivity contribution in [3.05, 3.63) is 60.3 Å². The highest BCUT2D eigenvalue weighted by molar-refractivity contribution is 5.87. The van der Waals surface area contributed by atoms with Crippen LogP contribution in [0.25, 0.3) is 0 Å². The van der Waals surface area contributed by atoms with E-state index in [-0.39, 0.29) is 12.1 Å². The van der Waals surface area contributed by atoms with Crippen LogP contribution in [0, 0.1) is 0 Å². The quantitative estimate of drug-likeness (QED) is 0.793. The highest BCUT2D eigenvalue weighted by Gasteiger charge is 2.30. The Labute approximate surface area is 155 Å². The molecular formula is C21H27N3O2. The number of pyridine rings is 1. The van der Waals surface area contributed by atoms with E-state index in [2.05, 4.69) is 40.2 Å². The topological polar surface area (TPSA) is 45.7 Å². The van der Waals surface area contributed by atoms with Crippen LogP contribution in [0.5, 0.6) is 0 Å². The Morgan fingerprint density at radius 3 is 2.54 bits per heavy atom. The minimum atomic E-state index is -0.297. The molecule has 5 nitrogen and oxygen atoms in total. The van der Waals surface area contributed by atoms with Crippen LogP contribution in [0.1, 0.15) is 25.3 Å². The second kappa shape index (κ2) is 9.34. The fourth-order valence-corrected chi connectivity index (χ4v) is 3.45. The van der Waals surface area contributed by atoms with Crippen LogP contribution in [0.15, 0.2) is 54.7 Å². The van der Waals surface area contributed by atoms with E-state index in [0.29, 0.717) is 12.4 Å². The van der Waals surface area contributed by atoms with Gasteiger partial charge in [-0.3, -0.25) is 4.90 Å². The summed E-state index contributed by atoms with van der Waals surface area (Å²) in [5.74, 6) is 0.675. The third-order valence-electron chi connectivity index (χ3n) is 4.84. The second-order valence-electron chi connectivity index (χ2n) is 6.57. The fourth-order valence-electron chi connectivity index (χ4n) is 3.45. The number of likely N-dealkylation sites (tertiary alicyclic amines) is 1. The fraction of sp³-hybridized carbons (Fsp3) is 0.429. The highest BCUT2D eigenvalue weighted by Crippen LogP contribution is 2.23. The predicted molar refractivity (Wildman–Crippen MR) is 103 cm³/mol. The molecule has 1 aliphatic heterocycles. The summed E-state index contributed by atoms with van der Waals surface area (Å²) in [6.07, 6.45) is 4.35. The number of hydrogen-bond donors (Lipinski definition) is 0. The number of benzene rings is 1. The average molecular weight is 353 g/mol. The van der Waals surface area contributed by atoms with Gasteiger partial charge in [0.25, 0.3) is 0 Å². The number of rotatable bonds is 6. The monoisotopic (exact) mass is 353 g/mol. The lowest BCUT2D eigenvalue weighted by Gasteiger charge is -2.37. The molecule has 5 heteroatoms. The molecule has 0 N–H and O–H groups in total. The van der Waals surface area contributed by atoms with E-state index < -0.39 is 0 Å². The molecule has 3 rings (SSSR count). The van der Waals surface area contributed by atoms with Gasteiger partial charge in [-0.05, 0) is 43.9 Å². The summed E-state index contributed by atoms with van der Waals surface area (Å²) >= 11 is 0. The zero-order valence-electron chi connectivity index (χ0n) is 15.4. The van der Waals surface area contributed by atoms with Crippen LogP contribution in [0.2, 0.25) is 0 Å². The number of aromatic nitrogens is 1. The number of carbonyl (C=O) groups excluding carboxylic acids is 1. The van der Waals surface area contributed by atoms with Gasteiger partial charge in [0.1, 0.15) is 5.82 Å². The van der Waals surface area contributed by atoms with Gasteiger partial charge in [-0.2, -0.15) is 0 Å². The summed E-state index contributed by atoms with van der Waals surface area (Å²) in [4.78, 5) is 21.1. The summed E-state index contributed by atoms with van der Waals surface area (Å²) in [6.45, 7) is 5.24. The van der Waals surface area contributed by atoms with E-state index >= 15 is 0 Å². The summed E-state index contributed by atoms with van der Waals surface area (Å²) in [5.41, 5.74) is 1.37. The molecule has 1 amide bonds. The number of ether oxygens (including phenoxy) is 1. The van der Waals surface area contributed by atoms with Crippen LogP contribution < -0.4 is 4.90 Å². The van der Waals surface area contributed by atoms with Crippen molar-refractivity contribution in [2.75, 3.05) is 31.1 Å². The smallest absolute Gasteiger partial charge is 0.415 e. The zero-order valence-corrected chi connectivity index (χ0v) is 15.4. The van der Waals surface area contributed by atoms with E-state index in [1.54, 1.807) is 11.1 Å². The minimum Gasteiger partial charge on any atom is -0.449 e. The van der Waals surface area contributed by atoms with Crippen LogP contribution in [-0.2, 0) is 11.2 Å². The lowest BCUT2D eigenvalue weighted by molar-refractivity contribution is 0.149. The molecule has 1 fully saturated rings. The molecule has 26 heavy (non-hydrogen) atoms. The van der Waals surface area contributed by atoms with Crippen molar-refractivity contribution < 1.29 is 9.53 Å². The maximum Gasteiger partial charge on any atom is 0.415 e. The molecule has 2 aromatic rings. The van der Waals surface area contributed by atoms with Crippen molar-refractivity contribution >= 4 is 11.9 Å². The van der Waals surface area contributed by atoms with Gasteiger partial charge >= 0.3 is 6.09 Å². The molecule has 0 spiro atoms. The molecule has 0 saturated carbocycles. The Bertz CT molecular complexity index is 670. The molecule has 1 saturated heterocycles. The minimum absolute atomic E-state index is 0.136. The van der Waals surface area contributed by atoms with Gasteiger partial charge < -0.3 is 9.64 Å². The summed E-state index contributed by atoms with van der Waals surface area (Å²) in [5, 5.41) is 0. The first-order chi connectivity index (χ1) is 12.8. The first-order valence-corrected chi connectivity index (χ1v) is 9.41. The number of anilines is 1. The van der Waals surface area contributed by atoms with Crippen molar-refractivity contribution in [3.63, 3.8) is 0 Å². The van der Waals surface area contributed by atoms with E-state index in [0.717, 1.165) is 38.9 Å². The van der Waals surface area contributed by atoms with E-state index in [1.165, 1.54) is 5.56 Å². The number of hydrogen-bond acceptors (Lipinski definition) is 4. The summed E-state index contributed by atoms with van der Waals surface area (Å²) < 4.78 is 5.28. The third kappa shape index (κ3) is 4.82. The lowest BCUT2D eigenvalue weighted by Crippen LogP contribution is -2.48. The number of amides is 1. The Balaban J connectivity index is 1.58. The predicted octanol–water partition coefficient (Wildman–Crippen LogP) is 3.75. The average Bonchev–Trinajstić information content (AvgIpc) is 2.69. The Morgan fingerprint density at radius 1 is 1.15 bits per heavy atom. The zero-order chi connectivity index (χ0) is 18.2. The van der Waals surface area contributed by atoms with Gasteiger partial charge in [-0.25, -0.2) is 9.78 Å². The molecular weight excluding hydrogens is 326 g/mol. The third-order valence-corrected chi connectivity index (χ3v) is 4.84. The van der Waals surface area contributed by atoms with Crippen LogP contribution in [0.4, 0.5) is 10.6 Å². The Morgan fingerprint density at radius 2 is 1.88 bits per heavy atom. The number of carbonyl (C=O) groups is 1. The van der Waals surface area contributed by atoms with Gasteiger partial charge in [0, 0.05) is 31.9 Å². The van der Waals surface area contributed by atoms with Crippen molar-refractivity contribution in [1.82, 2.24) is 9.88 Å². The van der Waals surface area contributed by atoms with Gasteiger partial charge in [0.15, 0.2) is 0 Å². The summed E-state index contributed by atoms with van der Waals surface area (Å²) in [6, 6.07) is 16.4. The van der Waals surface area contributed by atoms with E-state index in [4.69, 9.17) is 4.74 Å².